The number of rotatable bonds is 7. The third-order valence-electron chi connectivity index (χ3n) is 3.02. The molecule has 0 saturated heterocycles. The van der Waals surface area contributed by atoms with Gasteiger partial charge in [-0.1, -0.05) is 41.6 Å². The smallest absolute Gasteiger partial charge is 0.276 e. The van der Waals surface area contributed by atoms with E-state index in [4.69, 9.17) is 20.8 Å². The molecule has 0 unspecified atom stereocenters. The Hall–Kier alpha value is -1.98. The Morgan fingerprint density at radius 1 is 1.00 bits per heavy atom. The van der Waals surface area contributed by atoms with Crippen LogP contribution in [0.15, 0.2) is 64.2 Å². The van der Waals surface area contributed by atoms with Crippen molar-refractivity contribution in [1.29, 1.82) is 0 Å². The van der Waals surface area contributed by atoms with Crippen LogP contribution in [0.5, 0.6) is 5.75 Å². The Labute approximate surface area is 143 Å². The molecule has 0 N–H and O–H groups in total. The molecule has 23 heavy (non-hydrogen) atoms. The average molecular weight is 347 g/mol. The zero-order chi connectivity index (χ0) is 15.9. The first-order valence-electron chi connectivity index (χ1n) is 7.21. The van der Waals surface area contributed by atoms with Crippen molar-refractivity contribution in [3.05, 3.63) is 59.6 Å². The third kappa shape index (κ3) is 4.74. The van der Waals surface area contributed by atoms with Crippen LogP contribution in [-0.4, -0.2) is 22.6 Å². The number of benzene rings is 2. The number of aromatic nitrogens is 2. The Morgan fingerprint density at radius 2 is 1.78 bits per heavy atom. The van der Waals surface area contributed by atoms with Gasteiger partial charge in [0.05, 0.1) is 6.61 Å². The van der Waals surface area contributed by atoms with Crippen LogP contribution >= 0.6 is 23.4 Å². The Kier molecular flexibility index (Phi) is 5.56. The Morgan fingerprint density at radius 3 is 2.57 bits per heavy atom. The second-order valence-electron chi connectivity index (χ2n) is 4.74. The predicted octanol–water partition coefficient (Wildman–Crippen LogP) is 4.95. The second kappa shape index (κ2) is 8.04. The zero-order valence-electron chi connectivity index (χ0n) is 12.3. The first-order valence-corrected chi connectivity index (χ1v) is 8.58. The van der Waals surface area contributed by atoms with Crippen LogP contribution in [0.1, 0.15) is 6.42 Å². The van der Waals surface area contributed by atoms with Gasteiger partial charge in [-0.15, -0.1) is 10.2 Å². The van der Waals surface area contributed by atoms with Crippen LogP contribution in [0.4, 0.5) is 0 Å². The molecular weight excluding hydrogens is 332 g/mol. The van der Waals surface area contributed by atoms with E-state index >= 15 is 0 Å². The highest BCUT2D eigenvalue weighted by atomic mass is 35.5. The summed E-state index contributed by atoms with van der Waals surface area (Å²) in [6.45, 7) is 0.662. The van der Waals surface area contributed by atoms with Crippen molar-refractivity contribution in [2.45, 2.75) is 11.6 Å². The summed E-state index contributed by atoms with van der Waals surface area (Å²) in [7, 11) is 0. The van der Waals surface area contributed by atoms with Crippen molar-refractivity contribution in [2.75, 3.05) is 12.4 Å². The fourth-order valence-electron chi connectivity index (χ4n) is 1.90. The molecule has 1 aromatic heterocycles. The number of hydrogen-bond donors (Lipinski definition) is 0. The van der Waals surface area contributed by atoms with E-state index in [-0.39, 0.29) is 0 Å². The molecule has 118 valence electrons. The van der Waals surface area contributed by atoms with E-state index in [0.29, 0.717) is 22.7 Å². The minimum absolute atomic E-state index is 0.504. The lowest BCUT2D eigenvalue weighted by Gasteiger charge is -2.04. The van der Waals surface area contributed by atoms with E-state index in [0.717, 1.165) is 23.5 Å². The molecule has 0 amide bonds. The predicted molar refractivity (Wildman–Crippen MR) is 92.0 cm³/mol. The largest absolute Gasteiger partial charge is 0.494 e. The van der Waals surface area contributed by atoms with Gasteiger partial charge in [0.2, 0.25) is 5.89 Å². The topological polar surface area (TPSA) is 48.2 Å². The monoisotopic (exact) mass is 346 g/mol. The molecule has 0 radical (unpaired) electrons. The molecule has 0 bridgehead atoms. The summed E-state index contributed by atoms with van der Waals surface area (Å²) in [6.07, 6.45) is 0.901. The van der Waals surface area contributed by atoms with Crippen molar-refractivity contribution < 1.29 is 9.15 Å². The molecule has 1 heterocycles. The van der Waals surface area contributed by atoms with Gasteiger partial charge in [-0.25, -0.2) is 0 Å². The van der Waals surface area contributed by atoms with Crippen molar-refractivity contribution >= 4 is 23.4 Å². The van der Waals surface area contributed by atoms with E-state index < -0.39 is 0 Å². The summed E-state index contributed by atoms with van der Waals surface area (Å²) in [6, 6.07) is 17.1. The highest BCUT2D eigenvalue weighted by Crippen LogP contribution is 2.24. The first kappa shape index (κ1) is 15.9. The molecule has 0 aliphatic heterocycles. The number of halogens is 1. The molecule has 0 saturated carbocycles. The van der Waals surface area contributed by atoms with Gasteiger partial charge < -0.3 is 9.15 Å². The van der Waals surface area contributed by atoms with Crippen LogP contribution < -0.4 is 4.74 Å². The highest BCUT2D eigenvalue weighted by molar-refractivity contribution is 7.99. The molecule has 0 fully saturated rings. The van der Waals surface area contributed by atoms with Gasteiger partial charge in [-0.3, -0.25) is 0 Å². The van der Waals surface area contributed by atoms with Crippen molar-refractivity contribution in [3.63, 3.8) is 0 Å². The van der Waals surface area contributed by atoms with Gasteiger partial charge in [-0.05, 0) is 42.8 Å². The van der Waals surface area contributed by atoms with Gasteiger partial charge in [0, 0.05) is 16.3 Å². The van der Waals surface area contributed by atoms with Crippen LogP contribution in [0.3, 0.4) is 0 Å². The number of thioether (sulfide) groups is 1. The van der Waals surface area contributed by atoms with E-state index in [9.17, 15) is 0 Å². The fraction of sp³-hybridized carbons (Fsp3) is 0.176. The molecule has 3 aromatic rings. The molecule has 4 nitrogen and oxygen atoms in total. The molecule has 2 aromatic carbocycles. The van der Waals surface area contributed by atoms with Crippen LogP contribution in [-0.2, 0) is 0 Å². The van der Waals surface area contributed by atoms with E-state index in [1.54, 1.807) is 12.1 Å². The maximum atomic E-state index is 5.86. The number of hydrogen-bond acceptors (Lipinski definition) is 5. The summed E-state index contributed by atoms with van der Waals surface area (Å²) in [5.41, 5.74) is 0.862. The van der Waals surface area contributed by atoms with Crippen molar-refractivity contribution in [3.8, 4) is 17.2 Å². The van der Waals surface area contributed by atoms with Gasteiger partial charge >= 0.3 is 0 Å². The molecule has 0 aliphatic rings. The molecule has 0 spiro atoms. The van der Waals surface area contributed by atoms with Gasteiger partial charge in [0.1, 0.15) is 5.75 Å². The average Bonchev–Trinajstić information content (AvgIpc) is 3.05. The standard InChI is InChI=1S/C17H15ClN2O2S/c18-14-9-7-13(8-10-14)16-19-20-17(22-16)23-12-4-11-21-15-5-2-1-3-6-15/h1-3,5-10H,4,11-12H2. The summed E-state index contributed by atoms with van der Waals surface area (Å²) in [5.74, 6) is 2.25. The normalized spacial score (nSPS) is 10.7. The minimum Gasteiger partial charge on any atom is -0.494 e. The number of nitrogens with zero attached hydrogens (tertiary/aromatic N) is 2. The van der Waals surface area contributed by atoms with Crippen molar-refractivity contribution in [1.82, 2.24) is 10.2 Å². The van der Waals surface area contributed by atoms with Gasteiger partial charge in [-0.2, -0.15) is 0 Å². The highest BCUT2D eigenvalue weighted by Gasteiger charge is 2.08. The lowest BCUT2D eigenvalue weighted by Crippen LogP contribution is -1.98. The molecule has 0 aliphatic carbocycles. The molecular formula is C17H15ClN2O2S. The minimum atomic E-state index is 0.504. The van der Waals surface area contributed by atoms with E-state index in [1.165, 1.54) is 11.8 Å². The number of ether oxygens (including phenoxy) is 1. The van der Waals surface area contributed by atoms with Crippen LogP contribution in [0.2, 0.25) is 5.02 Å². The van der Waals surface area contributed by atoms with Crippen LogP contribution in [0.25, 0.3) is 11.5 Å². The summed E-state index contributed by atoms with van der Waals surface area (Å²) in [4.78, 5) is 0. The third-order valence-corrected chi connectivity index (χ3v) is 4.18. The summed E-state index contributed by atoms with van der Waals surface area (Å²) < 4.78 is 11.3. The molecule has 3 rings (SSSR count). The maximum absolute atomic E-state index is 5.86. The van der Waals surface area contributed by atoms with Crippen LogP contribution in [0, 0.1) is 0 Å². The summed E-state index contributed by atoms with van der Waals surface area (Å²) >= 11 is 7.39. The first-order chi connectivity index (χ1) is 11.3. The van der Waals surface area contributed by atoms with Gasteiger partial charge in [0.25, 0.3) is 5.22 Å². The van der Waals surface area contributed by atoms with Gasteiger partial charge in [0.15, 0.2) is 0 Å². The molecule has 0 atom stereocenters. The Balaban J connectivity index is 1.43. The lowest BCUT2D eigenvalue weighted by atomic mass is 10.2. The SMILES string of the molecule is Clc1ccc(-c2nnc(SCCCOc3ccccc3)o2)cc1. The lowest BCUT2D eigenvalue weighted by molar-refractivity contribution is 0.318. The Bertz CT molecular complexity index is 732. The number of para-hydroxylation sites is 1. The maximum Gasteiger partial charge on any atom is 0.276 e. The quantitative estimate of drug-likeness (QED) is 0.447. The fourth-order valence-corrected chi connectivity index (χ4v) is 2.70. The summed E-state index contributed by atoms with van der Waals surface area (Å²) in [5, 5.41) is 9.34. The van der Waals surface area contributed by atoms with E-state index in [1.807, 2.05) is 42.5 Å². The second-order valence-corrected chi connectivity index (χ2v) is 6.23. The van der Waals surface area contributed by atoms with Crippen molar-refractivity contribution in [2.24, 2.45) is 0 Å². The van der Waals surface area contributed by atoms with E-state index in [2.05, 4.69) is 10.2 Å². The zero-order valence-corrected chi connectivity index (χ0v) is 13.9. The molecule has 6 heteroatoms.